The lowest BCUT2D eigenvalue weighted by Crippen LogP contribution is -2.52. The van der Waals surface area contributed by atoms with Gasteiger partial charge in [-0.25, -0.2) is 15.0 Å². The molecule has 0 spiro atoms. The number of aromatic nitrogens is 3. The summed E-state index contributed by atoms with van der Waals surface area (Å²) in [7, 11) is 0. The van der Waals surface area contributed by atoms with Crippen molar-refractivity contribution in [1.29, 1.82) is 0 Å². The zero-order valence-corrected chi connectivity index (χ0v) is 24.6. The van der Waals surface area contributed by atoms with Crippen LogP contribution in [0.15, 0.2) is 23.8 Å². The summed E-state index contributed by atoms with van der Waals surface area (Å²) in [4.78, 5) is 45.9. The molecule has 2 aliphatic rings. The molecule has 9 nitrogen and oxygen atoms in total. The molecular weight excluding hydrogens is 556 g/mol. The van der Waals surface area contributed by atoms with Gasteiger partial charge in [-0.05, 0) is 39.3 Å². The summed E-state index contributed by atoms with van der Waals surface area (Å²) < 4.78 is 0.725. The van der Waals surface area contributed by atoms with Gasteiger partial charge in [0.2, 0.25) is 0 Å². The van der Waals surface area contributed by atoms with Crippen LogP contribution in [0.25, 0.3) is 11.3 Å². The average Bonchev–Trinajstić information content (AvgIpc) is 3.63. The maximum atomic E-state index is 13.1. The van der Waals surface area contributed by atoms with Gasteiger partial charge in [0.25, 0.3) is 0 Å². The summed E-state index contributed by atoms with van der Waals surface area (Å²) in [6.07, 6.45) is 5.95. The number of hydrogen-bond acceptors (Lipinski definition) is 10. The summed E-state index contributed by atoms with van der Waals surface area (Å²) in [6.45, 7) is 9.03. The van der Waals surface area contributed by atoms with Crippen LogP contribution in [0.3, 0.4) is 0 Å². The number of likely N-dealkylation sites (tertiary alicyclic amines) is 1. The van der Waals surface area contributed by atoms with Gasteiger partial charge in [0.15, 0.2) is 5.78 Å². The number of anilines is 1. The second-order valence-electron chi connectivity index (χ2n) is 10.3. The number of Topliss-reactive ketones (excluding diaryl/α,β-unsaturated/α-hetero) is 1. The van der Waals surface area contributed by atoms with Crippen LogP contribution >= 0.6 is 34.3 Å². The number of aliphatic carboxylic acids is 1. The Balaban J connectivity index is 1.25. The van der Waals surface area contributed by atoms with E-state index in [1.807, 2.05) is 11.4 Å². The number of piperazine rings is 1. The molecule has 0 bridgehead atoms. The number of ketones is 1. The van der Waals surface area contributed by atoms with E-state index < -0.39 is 5.97 Å². The molecule has 0 radical (unpaired) electrons. The van der Waals surface area contributed by atoms with Crippen molar-refractivity contribution in [2.45, 2.75) is 58.2 Å². The Kier molecular flexibility index (Phi) is 8.92. The molecule has 3 aromatic rings. The quantitative estimate of drug-likeness (QED) is 0.337. The van der Waals surface area contributed by atoms with E-state index in [1.54, 1.807) is 23.7 Å². The van der Waals surface area contributed by atoms with Crippen molar-refractivity contribution >= 4 is 51.8 Å². The van der Waals surface area contributed by atoms with Gasteiger partial charge in [-0.15, -0.1) is 22.7 Å². The Morgan fingerprint density at radius 2 is 1.97 bits per heavy atom. The van der Waals surface area contributed by atoms with E-state index in [1.165, 1.54) is 29.1 Å². The van der Waals surface area contributed by atoms with Crippen LogP contribution in [0, 0.1) is 0 Å². The first-order chi connectivity index (χ1) is 18.8. The Hall–Kier alpha value is -2.44. The maximum absolute atomic E-state index is 13.1. The van der Waals surface area contributed by atoms with Gasteiger partial charge in [-0.1, -0.05) is 11.6 Å². The summed E-state index contributed by atoms with van der Waals surface area (Å²) >= 11 is 9.31. The number of nitrogens with zero attached hydrogens (tertiary/aromatic N) is 6. The summed E-state index contributed by atoms with van der Waals surface area (Å²) in [6, 6.07) is 2.69. The van der Waals surface area contributed by atoms with Gasteiger partial charge in [0.1, 0.15) is 16.5 Å². The Morgan fingerprint density at radius 1 is 1.13 bits per heavy atom. The molecule has 2 saturated heterocycles. The molecule has 2 fully saturated rings. The number of carbonyl (C=O) groups is 2. The maximum Gasteiger partial charge on any atom is 0.304 e. The van der Waals surface area contributed by atoms with Gasteiger partial charge in [-0.3, -0.25) is 19.4 Å². The number of thiazole rings is 1. The monoisotopic (exact) mass is 588 g/mol. The zero-order chi connectivity index (χ0) is 27.5. The Morgan fingerprint density at radius 3 is 2.62 bits per heavy atom. The highest BCUT2D eigenvalue weighted by Gasteiger charge is 2.26. The number of halogens is 1. The molecule has 5 rings (SSSR count). The first-order valence-electron chi connectivity index (χ1n) is 13.3. The van der Waals surface area contributed by atoms with Crippen molar-refractivity contribution in [1.82, 2.24) is 24.8 Å². The average molecular weight is 589 g/mol. The highest BCUT2D eigenvalue weighted by molar-refractivity contribution is 7.15. The van der Waals surface area contributed by atoms with E-state index in [0.717, 1.165) is 59.1 Å². The number of carboxylic acids is 1. The van der Waals surface area contributed by atoms with Crippen LogP contribution in [-0.4, -0.2) is 86.4 Å². The third kappa shape index (κ3) is 6.83. The van der Waals surface area contributed by atoms with Gasteiger partial charge in [-0.2, -0.15) is 0 Å². The van der Waals surface area contributed by atoms with Crippen LogP contribution in [0.5, 0.6) is 0 Å². The third-order valence-corrected chi connectivity index (χ3v) is 9.69. The van der Waals surface area contributed by atoms with Crippen LogP contribution in [0.1, 0.15) is 53.5 Å². The summed E-state index contributed by atoms with van der Waals surface area (Å²) in [5.41, 5.74) is 2.25. The van der Waals surface area contributed by atoms with E-state index in [0.29, 0.717) is 18.3 Å². The normalized spacial score (nSPS) is 20.5. The molecule has 0 saturated carbocycles. The predicted octanol–water partition coefficient (Wildman–Crippen LogP) is 4.71. The van der Waals surface area contributed by atoms with Crippen molar-refractivity contribution in [3.05, 3.63) is 43.8 Å². The molecule has 2 atom stereocenters. The Bertz CT molecular complexity index is 1310. The molecule has 208 valence electrons. The van der Waals surface area contributed by atoms with E-state index in [2.05, 4.69) is 38.5 Å². The van der Waals surface area contributed by atoms with E-state index in [-0.39, 0.29) is 24.7 Å². The molecule has 0 unspecified atom stereocenters. The number of rotatable bonds is 10. The second-order valence-corrected chi connectivity index (χ2v) is 13.0. The molecule has 5 heterocycles. The van der Waals surface area contributed by atoms with Gasteiger partial charge >= 0.3 is 5.97 Å². The molecule has 0 amide bonds. The minimum atomic E-state index is -0.780. The zero-order valence-electron chi connectivity index (χ0n) is 22.2. The molecule has 2 aliphatic heterocycles. The fraction of sp³-hybridized carbons (Fsp3) is 0.519. The van der Waals surface area contributed by atoms with Gasteiger partial charge in [0.05, 0.1) is 35.3 Å². The van der Waals surface area contributed by atoms with E-state index >= 15 is 0 Å². The van der Waals surface area contributed by atoms with Crippen molar-refractivity contribution in [2.75, 3.05) is 37.6 Å². The molecule has 0 aromatic carbocycles. The molecule has 12 heteroatoms. The van der Waals surface area contributed by atoms with Crippen LogP contribution in [-0.2, 0) is 17.8 Å². The lowest BCUT2D eigenvalue weighted by molar-refractivity contribution is -0.137. The summed E-state index contributed by atoms with van der Waals surface area (Å²) in [5.74, 6) is -0.159. The Labute approximate surface area is 241 Å². The number of carbonyl (C=O) groups excluding carboxylic acids is 1. The first kappa shape index (κ1) is 28.1. The number of thiophene rings is 1. The lowest BCUT2D eigenvalue weighted by atomic mass is 10.1. The predicted molar refractivity (Wildman–Crippen MR) is 155 cm³/mol. The van der Waals surface area contributed by atoms with Crippen LogP contribution in [0.2, 0.25) is 4.34 Å². The fourth-order valence-electron chi connectivity index (χ4n) is 5.29. The van der Waals surface area contributed by atoms with Crippen LogP contribution in [0.4, 0.5) is 5.82 Å². The lowest BCUT2D eigenvalue weighted by Gasteiger charge is -2.40. The summed E-state index contributed by atoms with van der Waals surface area (Å²) in [5, 5.41) is 11.8. The second kappa shape index (κ2) is 12.4. The standard InChI is InChI=1S/C27H33ClN6O3S2/c1-17-4-3-6-33(17)15-22-27(19-10-23(28)38-16-19)31-25(39-22)11-21(35)20-12-30-24(13-29-20)34-9-8-32(18(2)14-34)7-5-26(36)37/h10,12-13,16-18H,3-9,11,14-15H2,1-2H3,(H,36,37)/t17-,18+/m1/s1. The first-order valence-corrected chi connectivity index (χ1v) is 15.4. The minimum Gasteiger partial charge on any atom is -0.481 e. The molecule has 1 N–H and O–H groups in total. The van der Waals surface area contributed by atoms with Crippen LogP contribution < -0.4 is 4.90 Å². The fourth-order valence-corrected chi connectivity index (χ4v) is 7.27. The van der Waals surface area contributed by atoms with Crippen molar-refractivity contribution < 1.29 is 14.7 Å². The molecular formula is C27H33ClN6O3S2. The largest absolute Gasteiger partial charge is 0.481 e. The van der Waals surface area contributed by atoms with E-state index in [4.69, 9.17) is 21.7 Å². The third-order valence-electron chi connectivity index (χ3n) is 7.56. The number of hydrogen-bond donors (Lipinski definition) is 1. The highest BCUT2D eigenvalue weighted by Crippen LogP contribution is 2.35. The highest BCUT2D eigenvalue weighted by atomic mass is 35.5. The van der Waals surface area contributed by atoms with Gasteiger partial charge < -0.3 is 10.0 Å². The van der Waals surface area contributed by atoms with Crippen molar-refractivity contribution in [3.63, 3.8) is 0 Å². The van der Waals surface area contributed by atoms with Crippen molar-refractivity contribution in [2.24, 2.45) is 0 Å². The smallest absolute Gasteiger partial charge is 0.304 e. The minimum absolute atomic E-state index is 0.106. The number of carboxylic acid groups (broad SMARTS) is 1. The molecule has 3 aromatic heterocycles. The SMILES string of the molecule is C[C@@H]1CCCN1Cc1sc(CC(=O)c2cnc(N3CCN(CCC(=O)O)[C@@H](C)C3)cn2)nc1-c1csc(Cl)c1. The molecule has 0 aliphatic carbocycles. The van der Waals surface area contributed by atoms with E-state index in [9.17, 15) is 9.59 Å². The topological polar surface area (TPSA) is 103 Å². The molecule has 39 heavy (non-hydrogen) atoms. The van der Waals surface area contributed by atoms with Gasteiger partial charge in [0, 0.05) is 60.6 Å². The van der Waals surface area contributed by atoms with Crippen molar-refractivity contribution in [3.8, 4) is 11.3 Å².